The summed E-state index contributed by atoms with van der Waals surface area (Å²) >= 11 is 0. The summed E-state index contributed by atoms with van der Waals surface area (Å²) in [6.07, 6.45) is 5.41. The van der Waals surface area contributed by atoms with Crippen molar-refractivity contribution >= 4 is 0 Å². The van der Waals surface area contributed by atoms with Crippen molar-refractivity contribution in [2.24, 2.45) is 0 Å². The van der Waals surface area contributed by atoms with Gasteiger partial charge in [0.1, 0.15) is 0 Å². The van der Waals surface area contributed by atoms with Gasteiger partial charge in [-0.1, -0.05) is 0 Å². The van der Waals surface area contributed by atoms with Crippen molar-refractivity contribution in [3.8, 4) is 0 Å². The normalized spacial score (nSPS) is 13.0. The van der Waals surface area contributed by atoms with Gasteiger partial charge in [0.05, 0.1) is 0 Å². The third-order valence-corrected chi connectivity index (χ3v) is 2.62. The van der Waals surface area contributed by atoms with Gasteiger partial charge in [-0.05, 0) is 38.9 Å². The fourth-order valence-electron chi connectivity index (χ4n) is 1.51. The van der Waals surface area contributed by atoms with E-state index in [1.165, 1.54) is 5.56 Å². The first kappa shape index (κ1) is 12.3. The van der Waals surface area contributed by atoms with Crippen LogP contribution < -0.4 is 5.32 Å². The van der Waals surface area contributed by atoms with Crippen LogP contribution in [-0.4, -0.2) is 24.8 Å². The molecule has 1 unspecified atom stereocenters. The van der Waals surface area contributed by atoms with Crippen LogP contribution in [0.4, 0.5) is 0 Å². The van der Waals surface area contributed by atoms with Crippen molar-refractivity contribution in [1.29, 1.82) is 0 Å². The summed E-state index contributed by atoms with van der Waals surface area (Å²) in [6.45, 7) is 6.90. The molecule has 86 valence electrons. The topological polar surface area (TPSA) is 26.2 Å². The Kier molecular flexibility index (Phi) is 5.43. The molecule has 1 N–H and O–H groups in total. The average Bonchev–Trinajstić information content (AvgIpc) is 2.72. The Morgan fingerprint density at radius 3 is 3.00 bits per heavy atom. The van der Waals surface area contributed by atoms with Crippen molar-refractivity contribution in [2.75, 3.05) is 20.3 Å². The molecular formula is C12H22N2O. The van der Waals surface area contributed by atoms with E-state index < -0.39 is 0 Å². The van der Waals surface area contributed by atoms with Crippen molar-refractivity contribution in [3.63, 3.8) is 0 Å². The Balaban J connectivity index is 2.33. The van der Waals surface area contributed by atoms with Crippen LogP contribution >= 0.6 is 0 Å². The number of hydrogen-bond acceptors (Lipinski definition) is 2. The van der Waals surface area contributed by atoms with Crippen molar-refractivity contribution < 1.29 is 4.74 Å². The van der Waals surface area contributed by atoms with Gasteiger partial charge >= 0.3 is 0 Å². The van der Waals surface area contributed by atoms with Crippen LogP contribution in [0.25, 0.3) is 0 Å². The smallest absolute Gasteiger partial charge is 0.0482 e. The molecule has 0 saturated carbocycles. The first-order chi connectivity index (χ1) is 7.27. The van der Waals surface area contributed by atoms with Gasteiger partial charge in [-0.15, -0.1) is 0 Å². The number of rotatable bonds is 7. The first-order valence-corrected chi connectivity index (χ1v) is 5.68. The molecule has 1 rings (SSSR count). The molecule has 1 aromatic heterocycles. The largest absolute Gasteiger partial charge is 0.382 e. The number of aryl methyl sites for hydroxylation is 1. The third-order valence-electron chi connectivity index (χ3n) is 2.62. The van der Waals surface area contributed by atoms with E-state index in [1.807, 2.05) is 14.0 Å². The molecule has 0 bridgehead atoms. The summed E-state index contributed by atoms with van der Waals surface area (Å²) in [7, 11) is 1.98. The molecule has 1 atom stereocenters. The molecule has 0 radical (unpaired) electrons. The van der Waals surface area contributed by atoms with E-state index in [4.69, 9.17) is 4.74 Å². The number of aromatic nitrogens is 1. The molecule has 0 aliphatic heterocycles. The van der Waals surface area contributed by atoms with Crippen LogP contribution in [0.2, 0.25) is 0 Å². The van der Waals surface area contributed by atoms with E-state index in [9.17, 15) is 0 Å². The zero-order valence-electron chi connectivity index (χ0n) is 9.99. The monoisotopic (exact) mass is 210 g/mol. The van der Waals surface area contributed by atoms with Crippen LogP contribution in [0.1, 0.15) is 31.9 Å². The molecule has 15 heavy (non-hydrogen) atoms. The van der Waals surface area contributed by atoms with E-state index in [1.54, 1.807) is 0 Å². The zero-order chi connectivity index (χ0) is 11.1. The second-order valence-corrected chi connectivity index (χ2v) is 3.74. The summed E-state index contributed by atoms with van der Waals surface area (Å²) in [5.41, 5.74) is 1.34. The van der Waals surface area contributed by atoms with Crippen LogP contribution in [0.15, 0.2) is 18.5 Å². The Labute approximate surface area is 92.4 Å². The molecule has 0 aliphatic rings. The Morgan fingerprint density at radius 1 is 1.53 bits per heavy atom. The molecule has 0 aliphatic carbocycles. The maximum Gasteiger partial charge on any atom is 0.0482 e. The lowest BCUT2D eigenvalue weighted by atomic mass is 10.2. The standard InChI is InChI=1S/C12H22N2O/c1-4-15-9-5-7-14-8-6-12(10-14)11(2)13-3/h6,8,10-11,13H,4-5,7,9H2,1-3H3. The molecule has 0 aromatic carbocycles. The van der Waals surface area contributed by atoms with Crippen LogP contribution in [0, 0.1) is 0 Å². The summed E-state index contributed by atoms with van der Waals surface area (Å²) in [5, 5.41) is 3.23. The molecule has 0 saturated heterocycles. The van der Waals surface area contributed by atoms with Crippen LogP contribution in [0.3, 0.4) is 0 Å². The fourth-order valence-corrected chi connectivity index (χ4v) is 1.51. The molecule has 3 heteroatoms. The van der Waals surface area contributed by atoms with Gasteiger partial charge < -0.3 is 14.6 Å². The van der Waals surface area contributed by atoms with E-state index >= 15 is 0 Å². The lowest BCUT2D eigenvalue weighted by molar-refractivity contribution is 0.141. The maximum atomic E-state index is 5.30. The quantitative estimate of drug-likeness (QED) is 0.698. The van der Waals surface area contributed by atoms with Gasteiger partial charge in [-0.2, -0.15) is 0 Å². The highest BCUT2D eigenvalue weighted by Crippen LogP contribution is 2.11. The molecule has 3 nitrogen and oxygen atoms in total. The summed E-state index contributed by atoms with van der Waals surface area (Å²) in [4.78, 5) is 0. The third kappa shape index (κ3) is 4.06. The number of hydrogen-bond donors (Lipinski definition) is 1. The lowest BCUT2D eigenvalue weighted by Gasteiger charge is -2.07. The van der Waals surface area contributed by atoms with Crippen LogP contribution in [0.5, 0.6) is 0 Å². The Bertz CT molecular complexity index is 270. The molecule has 0 spiro atoms. The summed E-state index contributed by atoms with van der Waals surface area (Å²) < 4.78 is 7.53. The van der Waals surface area contributed by atoms with E-state index in [0.29, 0.717) is 6.04 Å². The van der Waals surface area contributed by atoms with Crippen LogP contribution in [-0.2, 0) is 11.3 Å². The van der Waals surface area contributed by atoms with Crippen molar-refractivity contribution in [3.05, 3.63) is 24.0 Å². The Morgan fingerprint density at radius 2 is 2.33 bits per heavy atom. The second-order valence-electron chi connectivity index (χ2n) is 3.74. The lowest BCUT2D eigenvalue weighted by Crippen LogP contribution is -2.11. The molecule has 0 fully saturated rings. The minimum atomic E-state index is 0.429. The minimum absolute atomic E-state index is 0.429. The predicted octanol–water partition coefficient (Wildman–Crippen LogP) is 2.20. The Hall–Kier alpha value is -0.800. The first-order valence-electron chi connectivity index (χ1n) is 5.68. The van der Waals surface area contributed by atoms with E-state index in [2.05, 4.69) is 35.3 Å². The second kappa shape index (κ2) is 6.64. The van der Waals surface area contributed by atoms with Crippen molar-refractivity contribution in [1.82, 2.24) is 9.88 Å². The number of nitrogens with one attached hydrogen (secondary N) is 1. The van der Waals surface area contributed by atoms with Crippen molar-refractivity contribution in [2.45, 2.75) is 32.9 Å². The molecular weight excluding hydrogens is 188 g/mol. The number of nitrogens with zero attached hydrogens (tertiary/aromatic N) is 1. The fraction of sp³-hybridized carbons (Fsp3) is 0.667. The van der Waals surface area contributed by atoms with Gasteiger partial charge in [0.25, 0.3) is 0 Å². The zero-order valence-corrected chi connectivity index (χ0v) is 9.99. The van der Waals surface area contributed by atoms with Gasteiger partial charge in [0.2, 0.25) is 0 Å². The van der Waals surface area contributed by atoms with Gasteiger partial charge in [-0.25, -0.2) is 0 Å². The minimum Gasteiger partial charge on any atom is -0.382 e. The maximum absolute atomic E-state index is 5.30. The van der Waals surface area contributed by atoms with E-state index in [0.717, 1.165) is 26.2 Å². The highest BCUT2D eigenvalue weighted by Gasteiger charge is 2.03. The molecule has 1 aromatic rings. The number of ether oxygens (including phenoxy) is 1. The average molecular weight is 210 g/mol. The van der Waals surface area contributed by atoms with Gasteiger partial charge in [-0.3, -0.25) is 0 Å². The van der Waals surface area contributed by atoms with Gasteiger partial charge in [0, 0.05) is 38.2 Å². The molecule has 1 heterocycles. The van der Waals surface area contributed by atoms with Gasteiger partial charge in [0.15, 0.2) is 0 Å². The molecule has 0 amide bonds. The summed E-state index contributed by atoms with van der Waals surface area (Å²) in [5.74, 6) is 0. The predicted molar refractivity (Wildman–Crippen MR) is 63.0 cm³/mol. The summed E-state index contributed by atoms with van der Waals surface area (Å²) in [6, 6.07) is 2.60. The highest BCUT2D eigenvalue weighted by molar-refractivity contribution is 5.14. The van der Waals surface area contributed by atoms with E-state index in [-0.39, 0.29) is 0 Å². The SMILES string of the molecule is CCOCCCn1ccc(C(C)NC)c1. The highest BCUT2D eigenvalue weighted by atomic mass is 16.5.